The number of aromatic nitrogens is 3. The molecule has 1 aliphatic rings. The summed E-state index contributed by atoms with van der Waals surface area (Å²) in [5, 5.41) is 0.766. The quantitative estimate of drug-likeness (QED) is 0.415. The molecule has 0 aliphatic carbocycles. The van der Waals surface area contributed by atoms with E-state index in [9.17, 15) is 4.79 Å². The molecule has 3 aromatic rings. The molecule has 0 spiro atoms. The maximum absolute atomic E-state index is 12.7. The van der Waals surface area contributed by atoms with Gasteiger partial charge < -0.3 is 9.32 Å². The molecule has 4 heterocycles. The van der Waals surface area contributed by atoms with Crippen molar-refractivity contribution in [2.75, 3.05) is 13.1 Å². The van der Waals surface area contributed by atoms with Gasteiger partial charge in [-0.15, -0.1) is 0 Å². The Hall–Kier alpha value is -2.67. The molecule has 3 aromatic heterocycles. The maximum Gasteiger partial charge on any atom is 0.223 e. The number of piperidine rings is 1. The summed E-state index contributed by atoms with van der Waals surface area (Å²) in [6, 6.07) is 9.69. The Kier molecular flexibility index (Phi) is 6.79. The van der Waals surface area contributed by atoms with Crippen molar-refractivity contribution in [2.45, 2.75) is 49.4 Å². The fourth-order valence-electron chi connectivity index (χ4n) is 3.81. The van der Waals surface area contributed by atoms with Crippen LogP contribution < -0.4 is 0 Å². The lowest BCUT2D eigenvalue weighted by Gasteiger charge is -2.33. The first-order valence-electron chi connectivity index (χ1n) is 10.4. The van der Waals surface area contributed by atoms with Crippen molar-refractivity contribution < 1.29 is 9.21 Å². The van der Waals surface area contributed by atoms with Crippen molar-refractivity contribution in [3.8, 4) is 0 Å². The normalized spacial score (nSPS) is 16.6. The highest BCUT2D eigenvalue weighted by Crippen LogP contribution is 2.30. The van der Waals surface area contributed by atoms with Gasteiger partial charge in [0.1, 0.15) is 5.76 Å². The Morgan fingerprint density at radius 3 is 3.00 bits per heavy atom. The zero-order chi connectivity index (χ0) is 20.8. The van der Waals surface area contributed by atoms with Crippen molar-refractivity contribution in [1.82, 2.24) is 19.9 Å². The van der Waals surface area contributed by atoms with Crippen molar-refractivity contribution >= 4 is 17.7 Å². The van der Waals surface area contributed by atoms with E-state index in [4.69, 9.17) is 9.40 Å². The van der Waals surface area contributed by atoms with E-state index in [-0.39, 0.29) is 11.8 Å². The van der Waals surface area contributed by atoms with Gasteiger partial charge in [0.15, 0.2) is 5.16 Å². The molecule has 1 saturated heterocycles. The third kappa shape index (κ3) is 5.27. The summed E-state index contributed by atoms with van der Waals surface area (Å²) in [6.45, 7) is 3.60. The van der Waals surface area contributed by atoms with E-state index in [1.54, 1.807) is 24.2 Å². The van der Waals surface area contributed by atoms with E-state index in [1.165, 1.54) is 0 Å². The van der Waals surface area contributed by atoms with Crippen LogP contribution in [-0.2, 0) is 17.0 Å². The Balaban J connectivity index is 1.39. The number of thioether (sulfide) groups is 1. The average Bonchev–Trinajstić information content (AvgIpc) is 3.31. The van der Waals surface area contributed by atoms with Gasteiger partial charge in [-0.2, -0.15) is 0 Å². The first-order chi connectivity index (χ1) is 14.7. The van der Waals surface area contributed by atoms with Gasteiger partial charge >= 0.3 is 0 Å². The second-order valence-electron chi connectivity index (χ2n) is 7.59. The van der Waals surface area contributed by atoms with Crippen LogP contribution in [0.2, 0.25) is 0 Å². The Labute approximate surface area is 181 Å². The summed E-state index contributed by atoms with van der Waals surface area (Å²) in [5.74, 6) is 2.04. The topological polar surface area (TPSA) is 72.1 Å². The molecule has 0 unspecified atom stereocenters. The number of rotatable bonds is 7. The summed E-state index contributed by atoms with van der Waals surface area (Å²) in [4.78, 5) is 28.4. The van der Waals surface area contributed by atoms with Crippen LogP contribution in [0.25, 0.3) is 0 Å². The van der Waals surface area contributed by atoms with E-state index in [0.717, 1.165) is 59.6 Å². The Morgan fingerprint density at radius 2 is 2.20 bits per heavy atom. The zero-order valence-electron chi connectivity index (χ0n) is 17.2. The highest BCUT2D eigenvalue weighted by atomic mass is 32.2. The van der Waals surface area contributed by atoms with Gasteiger partial charge in [0.05, 0.1) is 17.7 Å². The van der Waals surface area contributed by atoms with Crippen LogP contribution in [0, 0.1) is 6.92 Å². The third-order valence-corrected chi connectivity index (χ3v) is 6.29. The van der Waals surface area contributed by atoms with E-state index in [0.29, 0.717) is 12.8 Å². The lowest BCUT2D eigenvalue weighted by atomic mass is 9.92. The summed E-state index contributed by atoms with van der Waals surface area (Å²) < 4.78 is 5.35. The Bertz CT molecular complexity index is 963. The molecule has 0 aromatic carbocycles. The summed E-state index contributed by atoms with van der Waals surface area (Å²) in [7, 11) is 0. The number of hydrogen-bond donors (Lipinski definition) is 0. The molecule has 30 heavy (non-hydrogen) atoms. The number of aryl methyl sites for hydroxylation is 2. The fourth-order valence-corrected chi connectivity index (χ4v) is 4.55. The molecule has 7 heteroatoms. The van der Waals surface area contributed by atoms with E-state index < -0.39 is 0 Å². The summed E-state index contributed by atoms with van der Waals surface area (Å²) in [5.41, 5.74) is 3.17. The summed E-state index contributed by atoms with van der Waals surface area (Å²) >= 11 is 1.60. The number of furan rings is 1. The van der Waals surface area contributed by atoms with Gasteiger partial charge in [-0.1, -0.05) is 17.8 Å². The molecule has 0 N–H and O–H groups in total. The minimum atomic E-state index is 0.188. The standard InChI is InChI=1S/C23H26N4O2S/c1-17-14-25-23(30-16-19-7-2-3-11-24-19)26-22(17)18-6-4-12-27(15-18)21(28)10-9-20-8-5-13-29-20/h2-3,5,7-8,11,13-14,18H,4,6,9-10,12,15-16H2,1H3/t18-/m0/s1. The van der Waals surface area contributed by atoms with Gasteiger partial charge in [0, 0.05) is 50.0 Å². The van der Waals surface area contributed by atoms with Gasteiger partial charge in [-0.3, -0.25) is 9.78 Å². The molecule has 1 amide bonds. The average molecular weight is 423 g/mol. The molecule has 0 bridgehead atoms. The first-order valence-corrected chi connectivity index (χ1v) is 11.3. The van der Waals surface area contributed by atoms with E-state index in [2.05, 4.69) is 16.9 Å². The van der Waals surface area contributed by atoms with Gasteiger partial charge in [0.25, 0.3) is 0 Å². The van der Waals surface area contributed by atoms with Crippen molar-refractivity contribution in [2.24, 2.45) is 0 Å². The number of pyridine rings is 1. The molecule has 0 radical (unpaired) electrons. The molecule has 1 aliphatic heterocycles. The molecular formula is C23H26N4O2S. The van der Waals surface area contributed by atoms with Crippen molar-refractivity contribution in [1.29, 1.82) is 0 Å². The zero-order valence-corrected chi connectivity index (χ0v) is 18.0. The van der Waals surface area contributed by atoms with Gasteiger partial charge in [-0.05, 0) is 49.6 Å². The number of carbonyl (C=O) groups excluding carboxylic acids is 1. The molecule has 1 fully saturated rings. The number of amides is 1. The van der Waals surface area contributed by atoms with Crippen LogP contribution in [0.15, 0.2) is 58.6 Å². The van der Waals surface area contributed by atoms with Gasteiger partial charge in [0.2, 0.25) is 5.91 Å². The monoisotopic (exact) mass is 422 g/mol. The summed E-state index contributed by atoms with van der Waals surface area (Å²) in [6.07, 6.45) is 8.53. The van der Waals surface area contributed by atoms with Crippen LogP contribution in [0.4, 0.5) is 0 Å². The number of carbonyl (C=O) groups is 1. The number of likely N-dealkylation sites (tertiary alicyclic amines) is 1. The maximum atomic E-state index is 12.7. The minimum absolute atomic E-state index is 0.188. The molecule has 6 nitrogen and oxygen atoms in total. The van der Waals surface area contributed by atoms with Crippen LogP contribution in [-0.4, -0.2) is 38.8 Å². The van der Waals surface area contributed by atoms with Crippen LogP contribution in [0.5, 0.6) is 0 Å². The molecular weight excluding hydrogens is 396 g/mol. The highest BCUT2D eigenvalue weighted by Gasteiger charge is 2.27. The lowest BCUT2D eigenvalue weighted by molar-refractivity contribution is -0.132. The van der Waals surface area contributed by atoms with Crippen LogP contribution >= 0.6 is 11.8 Å². The second kappa shape index (κ2) is 9.89. The first kappa shape index (κ1) is 20.6. The molecule has 1 atom stereocenters. The minimum Gasteiger partial charge on any atom is -0.469 e. The van der Waals surface area contributed by atoms with Crippen molar-refractivity contribution in [3.05, 3.63) is 71.7 Å². The van der Waals surface area contributed by atoms with Crippen LogP contribution in [0.1, 0.15) is 47.9 Å². The number of hydrogen-bond acceptors (Lipinski definition) is 6. The predicted molar refractivity (Wildman–Crippen MR) is 116 cm³/mol. The number of nitrogens with zero attached hydrogens (tertiary/aromatic N) is 4. The van der Waals surface area contributed by atoms with Gasteiger partial charge in [-0.25, -0.2) is 9.97 Å². The smallest absolute Gasteiger partial charge is 0.223 e. The molecule has 4 rings (SSSR count). The van der Waals surface area contributed by atoms with E-state index >= 15 is 0 Å². The molecule has 0 saturated carbocycles. The third-order valence-electron chi connectivity index (χ3n) is 5.39. The fraction of sp³-hybridized carbons (Fsp3) is 0.391. The molecule has 156 valence electrons. The second-order valence-corrected chi connectivity index (χ2v) is 8.53. The predicted octanol–water partition coefficient (Wildman–Crippen LogP) is 4.40. The SMILES string of the molecule is Cc1cnc(SCc2ccccn2)nc1[C@H]1CCCN(C(=O)CCc2ccco2)C1. The van der Waals surface area contributed by atoms with Crippen LogP contribution in [0.3, 0.4) is 0 Å². The van der Waals surface area contributed by atoms with Crippen molar-refractivity contribution in [3.63, 3.8) is 0 Å². The van der Waals surface area contributed by atoms with E-state index in [1.807, 2.05) is 41.4 Å². The largest absolute Gasteiger partial charge is 0.469 e. The Morgan fingerprint density at radius 1 is 1.27 bits per heavy atom. The lowest BCUT2D eigenvalue weighted by Crippen LogP contribution is -2.39. The highest BCUT2D eigenvalue weighted by molar-refractivity contribution is 7.98.